The Balaban J connectivity index is 1.89. The van der Waals surface area contributed by atoms with Crippen molar-refractivity contribution in [2.24, 2.45) is 0 Å². The lowest BCUT2D eigenvalue weighted by Gasteiger charge is -2.27. The van der Waals surface area contributed by atoms with Crippen LogP contribution in [0, 0.1) is 0 Å². The van der Waals surface area contributed by atoms with Crippen LogP contribution in [0.5, 0.6) is 0 Å². The topological polar surface area (TPSA) is 31.4 Å². The quantitative estimate of drug-likeness (QED) is 0.926. The Morgan fingerprint density at radius 1 is 1.38 bits per heavy atom. The molecular formula is C16H30N4S. The molecule has 0 aromatic carbocycles. The van der Waals surface area contributed by atoms with E-state index >= 15 is 0 Å². The van der Waals surface area contributed by atoms with Crippen molar-refractivity contribution in [3.63, 3.8) is 0 Å². The molecule has 4 nitrogen and oxygen atoms in total. The van der Waals surface area contributed by atoms with E-state index in [1.54, 1.807) is 11.3 Å². The molecule has 5 heteroatoms. The molecule has 2 heterocycles. The second kappa shape index (κ2) is 7.18. The second-order valence-electron chi connectivity index (χ2n) is 7.27. The van der Waals surface area contributed by atoms with Crippen LogP contribution in [0.3, 0.4) is 0 Å². The number of thiazole rings is 1. The number of hydrogen-bond acceptors (Lipinski definition) is 5. The third kappa shape index (κ3) is 5.66. The molecule has 0 saturated carbocycles. The monoisotopic (exact) mass is 310 g/mol. The first kappa shape index (κ1) is 16.9. The van der Waals surface area contributed by atoms with Crippen molar-refractivity contribution in [1.82, 2.24) is 20.1 Å². The summed E-state index contributed by atoms with van der Waals surface area (Å²) in [7, 11) is 2.22. The molecule has 0 amide bonds. The van der Waals surface area contributed by atoms with Gasteiger partial charge in [0.1, 0.15) is 5.01 Å². The Kier molecular flexibility index (Phi) is 5.77. The van der Waals surface area contributed by atoms with Gasteiger partial charge in [0.05, 0.1) is 5.69 Å². The Morgan fingerprint density at radius 3 is 2.86 bits per heavy atom. The zero-order chi connectivity index (χ0) is 15.5. The molecule has 0 spiro atoms. The maximum absolute atomic E-state index is 4.79. The number of nitrogens with zero attached hydrogens (tertiary/aromatic N) is 3. The minimum Gasteiger partial charge on any atom is -0.306 e. The molecule has 1 N–H and O–H groups in total. The van der Waals surface area contributed by atoms with Gasteiger partial charge in [-0.2, -0.15) is 0 Å². The van der Waals surface area contributed by atoms with Gasteiger partial charge in [-0.15, -0.1) is 11.3 Å². The van der Waals surface area contributed by atoms with Crippen LogP contribution in [0.15, 0.2) is 5.38 Å². The van der Waals surface area contributed by atoms with Gasteiger partial charge in [0.25, 0.3) is 0 Å². The molecule has 1 aromatic heterocycles. The van der Waals surface area contributed by atoms with Crippen LogP contribution in [0.1, 0.15) is 44.8 Å². The highest BCUT2D eigenvalue weighted by Crippen LogP contribution is 2.16. The highest BCUT2D eigenvalue weighted by atomic mass is 32.1. The summed E-state index contributed by atoms with van der Waals surface area (Å²) in [6, 6.07) is 0.607. The molecular weight excluding hydrogens is 280 g/mol. The predicted octanol–water partition coefficient (Wildman–Crippen LogP) is 2.56. The van der Waals surface area contributed by atoms with Crippen LogP contribution < -0.4 is 5.32 Å². The zero-order valence-electron chi connectivity index (χ0n) is 14.1. The fraction of sp³-hybridized carbons (Fsp3) is 0.812. The van der Waals surface area contributed by atoms with Crippen molar-refractivity contribution in [3.05, 3.63) is 16.1 Å². The van der Waals surface area contributed by atoms with Gasteiger partial charge in [-0.05, 0) is 47.7 Å². The molecule has 120 valence electrons. The smallest absolute Gasteiger partial charge is 0.107 e. The molecule has 1 unspecified atom stereocenters. The third-order valence-corrected chi connectivity index (χ3v) is 4.82. The van der Waals surface area contributed by atoms with Gasteiger partial charge in [-0.3, -0.25) is 4.90 Å². The van der Waals surface area contributed by atoms with Gasteiger partial charge >= 0.3 is 0 Å². The van der Waals surface area contributed by atoms with Crippen LogP contribution in [-0.4, -0.2) is 53.0 Å². The van der Waals surface area contributed by atoms with E-state index in [1.165, 1.54) is 30.2 Å². The minimum absolute atomic E-state index is 0.149. The fourth-order valence-corrected chi connectivity index (χ4v) is 3.43. The van der Waals surface area contributed by atoms with Crippen molar-refractivity contribution in [2.45, 2.75) is 58.8 Å². The fourth-order valence-electron chi connectivity index (χ4n) is 2.71. The van der Waals surface area contributed by atoms with E-state index in [9.17, 15) is 0 Å². The van der Waals surface area contributed by atoms with E-state index < -0.39 is 0 Å². The molecule has 1 aliphatic heterocycles. The first-order valence-electron chi connectivity index (χ1n) is 7.94. The Hall–Kier alpha value is -0.490. The number of aromatic nitrogens is 1. The molecule has 0 aliphatic carbocycles. The van der Waals surface area contributed by atoms with Crippen LogP contribution >= 0.6 is 11.3 Å². The van der Waals surface area contributed by atoms with Crippen molar-refractivity contribution in [3.8, 4) is 0 Å². The highest BCUT2D eigenvalue weighted by molar-refractivity contribution is 7.09. The lowest BCUT2D eigenvalue weighted by atomic mass is 10.1. The number of hydrogen-bond donors (Lipinski definition) is 1. The summed E-state index contributed by atoms with van der Waals surface area (Å²) in [5.41, 5.74) is 1.37. The van der Waals surface area contributed by atoms with E-state index in [0.717, 1.165) is 19.6 Å². The summed E-state index contributed by atoms with van der Waals surface area (Å²) in [5.74, 6) is 0. The summed E-state index contributed by atoms with van der Waals surface area (Å²) < 4.78 is 0. The maximum Gasteiger partial charge on any atom is 0.107 e. The normalized spacial score (nSPS) is 22.4. The molecule has 1 atom stereocenters. The van der Waals surface area contributed by atoms with Gasteiger partial charge in [0.2, 0.25) is 0 Å². The van der Waals surface area contributed by atoms with E-state index in [0.29, 0.717) is 6.04 Å². The Bertz CT molecular complexity index is 438. The van der Waals surface area contributed by atoms with Crippen molar-refractivity contribution >= 4 is 11.3 Å². The van der Waals surface area contributed by atoms with Gasteiger partial charge < -0.3 is 10.2 Å². The largest absolute Gasteiger partial charge is 0.306 e. The Morgan fingerprint density at radius 2 is 2.14 bits per heavy atom. The third-order valence-electron chi connectivity index (χ3n) is 3.92. The Labute approximate surface area is 133 Å². The average molecular weight is 311 g/mol. The van der Waals surface area contributed by atoms with Crippen molar-refractivity contribution in [2.75, 3.05) is 26.7 Å². The molecule has 1 aromatic rings. The van der Waals surface area contributed by atoms with Crippen LogP contribution in [-0.2, 0) is 13.1 Å². The SMILES string of the molecule is CC1CN(C)CCCN1Cc1csc(CNC(C)(C)C)n1. The van der Waals surface area contributed by atoms with Gasteiger partial charge in [-0.25, -0.2) is 4.98 Å². The van der Waals surface area contributed by atoms with Crippen molar-refractivity contribution < 1.29 is 0 Å². The summed E-state index contributed by atoms with van der Waals surface area (Å²) >= 11 is 1.78. The first-order valence-corrected chi connectivity index (χ1v) is 8.82. The maximum atomic E-state index is 4.79. The van der Waals surface area contributed by atoms with E-state index in [-0.39, 0.29) is 5.54 Å². The summed E-state index contributed by atoms with van der Waals surface area (Å²) in [6.45, 7) is 14.3. The molecule has 1 fully saturated rings. The second-order valence-corrected chi connectivity index (χ2v) is 8.21. The standard InChI is InChI=1S/C16H30N4S/c1-13-10-19(5)7-6-8-20(13)11-14-12-21-15(18-14)9-17-16(2,3)4/h12-13,17H,6-11H2,1-5H3. The number of likely N-dealkylation sites (N-methyl/N-ethyl adjacent to an activating group) is 1. The lowest BCUT2D eigenvalue weighted by Crippen LogP contribution is -2.37. The van der Waals surface area contributed by atoms with E-state index in [4.69, 9.17) is 4.98 Å². The lowest BCUT2D eigenvalue weighted by molar-refractivity contribution is 0.193. The minimum atomic E-state index is 0.149. The van der Waals surface area contributed by atoms with E-state index in [2.05, 4.69) is 55.2 Å². The highest BCUT2D eigenvalue weighted by Gasteiger charge is 2.20. The first-order chi connectivity index (χ1) is 9.83. The molecule has 21 heavy (non-hydrogen) atoms. The zero-order valence-corrected chi connectivity index (χ0v) is 15.0. The van der Waals surface area contributed by atoms with Crippen LogP contribution in [0.4, 0.5) is 0 Å². The molecule has 2 rings (SSSR count). The molecule has 1 saturated heterocycles. The van der Waals surface area contributed by atoms with Gasteiger partial charge in [0, 0.05) is 43.1 Å². The summed E-state index contributed by atoms with van der Waals surface area (Å²) in [4.78, 5) is 9.80. The van der Waals surface area contributed by atoms with Crippen molar-refractivity contribution in [1.29, 1.82) is 0 Å². The van der Waals surface area contributed by atoms with Gasteiger partial charge in [0.15, 0.2) is 0 Å². The molecule has 1 aliphatic rings. The van der Waals surface area contributed by atoms with Crippen LogP contribution in [0.25, 0.3) is 0 Å². The summed E-state index contributed by atoms with van der Waals surface area (Å²) in [6.07, 6.45) is 1.25. The predicted molar refractivity (Wildman–Crippen MR) is 90.7 cm³/mol. The number of nitrogens with one attached hydrogen (secondary N) is 1. The summed E-state index contributed by atoms with van der Waals surface area (Å²) in [5, 5.41) is 6.92. The van der Waals surface area contributed by atoms with Crippen LogP contribution in [0.2, 0.25) is 0 Å². The van der Waals surface area contributed by atoms with Gasteiger partial charge in [-0.1, -0.05) is 0 Å². The molecule has 0 radical (unpaired) electrons. The average Bonchev–Trinajstić information content (AvgIpc) is 2.75. The number of rotatable bonds is 4. The van der Waals surface area contributed by atoms with E-state index in [1.807, 2.05) is 0 Å². The molecule has 0 bridgehead atoms.